The first kappa shape index (κ1) is 20.7. The van der Waals surface area contributed by atoms with Gasteiger partial charge in [0.2, 0.25) is 5.91 Å². The topological polar surface area (TPSA) is 58.2 Å². The molecule has 0 saturated carbocycles. The number of amides is 2. The minimum atomic E-state index is -0.155. The molecular formula is C23H30N2O2. The van der Waals surface area contributed by atoms with Crippen molar-refractivity contribution in [2.75, 3.05) is 10.6 Å². The van der Waals surface area contributed by atoms with E-state index >= 15 is 0 Å². The lowest BCUT2D eigenvalue weighted by Gasteiger charge is -2.10. The quantitative estimate of drug-likeness (QED) is 0.547. The molecule has 2 amide bonds. The molecular weight excluding hydrogens is 336 g/mol. The molecule has 0 bridgehead atoms. The van der Waals surface area contributed by atoms with Crippen LogP contribution in [-0.2, 0) is 4.79 Å². The molecule has 2 aromatic rings. The molecule has 2 rings (SSSR count). The number of carbonyl (C=O) groups excluding carboxylic acids is 2. The summed E-state index contributed by atoms with van der Waals surface area (Å²) >= 11 is 0. The van der Waals surface area contributed by atoms with Crippen LogP contribution in [0.4, 0.5) is 11.4 Å². The van der Waals surface area contributed by atoms with E-state index in [-0.39, 0.29) is 11.8 Å². The van der Waals surface area contributed by atoms with Crippen LogP contribution in [0.15, 0.2) is 42.5 Å². The number of hydrogen-bond acceptors (Lipinski definition) is 2. The lowest BCUT2D eigenvalue weighted by molar-refractivity contribution is -0.116. The van der Waals surface area contributed by atoms with Crippen LogP contribution in [0.25, 0.3) is 0 Å². The van der Waals surface area contributed by atoms with Gasteiger partial charge in [-0.3, -0.25) is 9.59 Å². The number of anilines is 2. The fourth-order valence-corrected chi connectivity index (χ4v) is 2.88. The summed E-state index contributed by atoms with van der Waals surface area (Å²) in [6.45, 7) is 6.14. The van der Waals surface area contributed by atoms with Gasteiger partial charge in [0.25, 0.3) is 5.91 Å². The van der Waals surface area contributed by atoms with E-state index in [1.807, 2.05) is 32.0 Å². The number of benzene rings is 2. The molecule has 0 spiro atoms. The van der Waals surface area contributed by atoms with Crippen LogP contribution < -0.4 is 10.6 Å². The van der Waals surface area contributed by atoms with Crippen LogP contribution in [0.1, 0.15) is 66.9 Å². The fourth-order valence-electron chi connectivity index (χ4n) is 2.88. The number of carbonyl (C=O) groups is 2. The molecule has 2 N–H and O–H groups in total. The maximum Gasteiger partial charge on any atom is 0.255 e. The van der Waals surface area contributed by atoms with Crippen LogP contribution >= 0.6 is 0 Å². The Kier molecular flexibility index (Phi) is 8.05. The summed E-state index contributed by atoms with van der Waals surface area (Å²) in [6, 6.07) is 13.0. The highest BCUT2D eigenvalue weighted by atomic mass is 16.2. The zero-order chi connectivity index (χ0) is 19.6. The molecule has 0 aliphatic rings. The smallest absolute Gasteiger partial charge is 0.255 e. The third kappa shape index (κ3) is 6.89. The van der Waals surface area contributed by atoms with Gasteiger partial charge in [0.05, 0.1) is 0 Å². The Labute approximate surface area is 162 Å². The summed E-state index contributed by atoms with van der Waals surface area (Å²) in [5.41, 5.74) is 4.23. The van der Waals surface area contributed by atoms with Crippen molar-refractivity contribution < 1.29 is 9.59 Å². The molecule has 0 radical (unpaired) electrons. The van der Waals surface area contributed by atoms with Gasteiger partial charge < -0.3 is 10.6 Å². The number of nitrogens with one attached hydrogen (secondary N) is 2. The SMILES string of the molecule is CCCCCCCC(=O)Nc1ccc(C(=O)Nc2cc(C)ccc2C)cc1. The maximum atomic E-state index is 12.4. The van der Waals surface area contributed by atoms with Crippen molar-refractivity contribution in [1.82, 2.24) is 0 Å². The summed E-state index contributed by atoms with van der Waals surface area (Å²) in [5, 5.41) is 5.84. The molecule has 0 atom stereocenters. The first-order valence-electron chi connectivity index (χ1n) is 9.78. The second kappa shape index (κ2) is 10.5. The third-order valence-corrected chi connectivity index (χ3v) is 4.58. The first-order chi connectivity index (χ1) is 13.0. The highest BCUT2D eigenvalue weighted by molar-refractivity contribution is 6.05. The van der Waals surface area contributed by atoms with Crippen molar-refractivity contribution in [1.29, 1.82) is 0 Å². The molecule has 27 heavy (non-hydrogen) atoms. The van der Waals surface area contributed by atoms with Gasteiger partial charge in [0.1, 0.15) is 0 Å². The summed E-state index contributed by atoms with van der Waals surface area (Å²) in [5.74, 6) is -0.128. The van der Waals surface area contributed by atoms with Gasteiger partial charge in [-0.25, -0.2) is 0 Å². The number of unbranched alkanes of at least 4 members (excludes halogenated alkanes) is 4. The molecule has 0 unspecified atom stereocenters. The van der Waals surface area contributed by atoms with Gasteiger partial charge in [0, 0.05) is 23.4 Å². The number of rotatable bonds is 9. The van der Waals surface area contributed by atoms with Crippen LogP contribution in [0.3, 0.4) is 0 Å². The average molecular weight is 367 g/mol. The molecule has 4 heteroatoms. The fraction of sp³-hybridized carbons (Fsp3) is 0.391. The lowest BCUT2D eigenvalue weighted by Crippen LogP contribution is -2.14. The largest absolute Gasteiger partial charge is 0.326 e. The molecule has 144 valence electrons. The van der Waals surface area contributed by atoms with Crippen LogP contribution in [0, 0.1) is 13.8 Å². The van der Waals surface area contributed by atoms with Crippen LogP contribution in [0.2, 0.25) is 0 Å². The van der Waals surface area contributed by atoms with E-state index in [1.54, 1.807) is 24.3 Å². The summed E-state index contributed by atoms with van der Waals surface area (Å²) in [7, 11) is 0. The average Bonchev–Trinajstić information content (AvgIpc) is 2.65. The standard InChI is InChI=1S/C23H30N2O2/c1-4-5-6-7-8-9-22(26)24-20-14-12-19(13-15-20)23(27)25-21-16-17(2)10-11-18(21)3/h10-16H,4-9H2,1-3H3,(H,24,26)(H,25,27). The zero-order valence-electron chi connectivity index (χ0n) is 16.6. The Hall–Kier alpha value is -2.62. The lowest BCUT2D eigenvalue weighted by atomic mass is 10.1. The molecule has 0 aliphatic carbocycles. The van der Waals surface area contributed by atoms with Gasteiger partial charge in [-0.1, -0.05) is 44.7 Å². The predicted octanol–water partition coefficient (Wildman–Crippen LogP) is 5.85. The molecule has 0 fully saturated rings. The van der Waals surface area contributed by atoms with E-state index in [0.717, 1.165) is 35.3 Å². The van der Waals surface area contributed by atoms with E-state index in [9.17, 15) is 9.59 Å². The van der Waals surface area contributed by atoms with Crippen molar-refractivity contribution in [3.63, 3.8) is 0 Å². The Bertz CT molecular complexity index is 766. The Morgan fingerprint density at radius 1 is 0.852 bits per heavy atom. The monoisotopic (exact) mass is 366 g/mol. The summed E-state index contributed by atoms with van der Waals surface area (Å²) in [4.78, 5) is 24.4. The van der Waals surface area contributed by atoms with Crippen molar-refractivity contribution >= 4 is 23.2 Å². The Balaban J connectivity index is 1.86. The van der Waals surface area contributed by atoms with E-state index in [0.29, 0.717) is 12.0 Å². The highest BCUT2D eigenvalue weighted by Gasteiger charge is 2.09. The Morgan fingerprint density at radius 2 is 1.56 bits per heavy atom. The summed E-state index contributed by atoms with van der Waals surface area (Å²) in [6.07, 6.45) is 6.18. The second-order valence-electron chi connectivity index (χ2n) is 7.06. The van der Waals surface area contributed by atoms with E-state index in [4.69, 9.17) is 0 Å². The summed E-state index contributed by atoms with van der Waals surface area (Å²) < 4.78 is 0. The maximum absolute atomic E-state index is 12.4. The van der Waals surface area contributed by atoms with E-state index in [1.165, 1.54) is 19.3 Å². The zero-order valence-corrected chi connectivity index (χ0v) is 16.6. The molecule has 4 nitrogen and oxygen atoms in total. The molecule has 0 heterocycles. The van der Waals surface area contributed by atoms with Crippen molar-refractivity contribution in [2.24, 2.45) is 0 Å². The molecule has 0 saturated heterocycles. The number of aryl methyl sites for hydroxylation is 2. The molecule has 2 aromatic carbocycles. The van der Waals surface area contributed by atoms with Gasteiger partial charge in [-0.05, 0) is 61.7 Å². The van der Waals surface area contributed by atoms with Crippen LogP contribution in [-0.4, -0.2) is 11.8 Å². The third-order valence-electron chi connectivity index (χ3n) is 4.58. The minimum absolute atomic E-state index is 0.0269. The number of hydrogen-bond donors (Lipinski definition) is 2. The van der Waals surface area contributed by atoms with E-state index < -0.39 is 0 Å². The minimum Gasteiger partial charge on any atom is -0.326 e. The van der Waals surface area contributed by atoms with Crippen molar-refractivity contribution in [3.05, 3.63) is 59.2 Å². The van der Waals surface area contributed by atoms with Gasteiger partial charge >= 0.3 is 0 Å². The first-order valence-corrected chi connectivity index (χ1v) is 9.78. The van der Waals surface area contributed by atoms with Gasteiger partial charge in [-0.2, -0.15) is 0 Å². The van der Waals surface area contributed by atoms with Crippen molar-refractivity contribution in [2.45, 2.75) is 59.3 Å². The van der Waals surface area contributed by atoms with Crippen LogP contribution in [0.5, 0.6) is 0 Å². The van der Waals surface area contributed by atoms with Crippen molar-refractivity contribution in [3.8, 4) is 0 Å². The van der Waals surface area contributed by atoms with E-state index in [2.05, 4.69) is 17.6 Å². The molecule has 0 aliphatic heterocycles. The highest BCUT2D eigenvalue weighted by Crippen LogP contribution is 2.18. The normalized spacial score (nSPS) is 10.5. The van der Waals surface area contributed by atoms with Gasteiger partial charge in [-0.15, -0.1) is 0 Å². The Morgan fingerprint density at radius 3 is 2.26 bits per heavy atom. The van der Waals surface area contributed by atoms with Gasteiger partial charge in [0.15, 0.2) is 0 Å². The predicted molar refractivity (Wildman–Crippen MR) is 112 cm³/mol. The second-order valence-corrected chi connectivity index (χ2v) is 7.06. The molecule has 0 aromatic heterocycles.